The number of piperidine rings is 1. The molecule has 1 aromatic rings. The van der Waals surface area contributed by atoms with E-state index in [1.807, 2.05) is 0 Å². The minimum Gasteiger partial charge on any atom is -0.380 e. The average molecular weight is 295 g/mol. The quantitative estimate of drug-likeness (QED) is 0.904. The lowest BCUT2D eigenvalue weighted by atomic mass is 9.96. The van der Waals surface area contributed by atoms with Gasteiger partial charge in [0.25, 0.3) is 0 Å². The number of rotatable bonds is 5. The Morgan fingerprint density at radius 3 is 2.90 bits per heavy atom. The van der Waals surface area contributed by atoms with E-state index in [9.17, 15) is 0 Å². The first-order chi connectivity index (χ1) is 9.87. The summed E-state index contributed by atoms with van der Waals surface area (Å²) < 4.78 is 11.0. The summed E-state index contributed by atoms with van der Waals surface area (Å²) in [4.78, 5) is 2.38. The molecule has 5 heteroatoms. The largest absolute Gasteiger partial charge is 0.380 e. The number of hydrogen-bond acceptors (Lipinski definition) is 5. The first-order valence-corrected chi connectivity index (χ1v) is 7.82. The lowest BCUT2D eigenvalue weighted by Gasteiger charge is -2.35. The van der Waals surface area contributed by atoms with Gasteiger partial charge in [0.15, 0.2) is 5.76 Å². The third-order valence-corrected chi connectivity index (χ3v) is 4.06. The molecule has 0 saturated carbocycles. The fraction of sp³-hybridized carbons (Fsp3) is 0.812. The van der Waals surface area contributed by atoms with Crippen molar-refractivity contribution in [1.29, 1.82) is 0 Å². The Bertz CT molecular complexity index is 439. The van der Waals surface area contributed by atoms with Crippen molar-refractivity contribution in [2.45, 2.75) is 58.8 Å². The summed E-state index contributed by atoms with van der Waals surface area (Å²) >= 11 is 0. The molecule has 0 spiro atoms. The summed E-state index contributed by atoms with van der Waals surface area (Å²) in [5.74, 6) is 1.57. The highest BCUT2D eigenvalue weighted by atomic mass is 16.5. The van der Waals surface area contributed by atoms with Crippen molar-refractivity contribution in [2.24, 2.45) is 5.92 Å². The molecule has 2 rings (SSSR count). The van der Waals surface area contributed by atoms with E-state index in [1.54, 1.807) is 7.11 Å². The molecule has 5 nitrogen and oxygen atoms in total. The van der Waals surface area contributed by atoms with E-state index in [0.717, 1.165) is 37.6 Å². The number of aromatic nitrogens is 1. The molecule has 1 N–H and O–H groups in total. The van der Waals surface area contributed by atoms with E-state index < -0.39 is 0 Å². The minimum absolute atomic E-state index is 0.0911. The van der Waals surface area contributed by atoms with Gasteiger partial charge in [0.1, 0.15) is 0 Å². The van der Waals surface area contributed by atoms with Gasteiger partial charge in [-0.1, -0.05) is 12.1 Å². The van der Waals surface area contributed by atoms with Crippen LogP contribution >= 0.6 is 0 Å². The molecule has 21 heavy (non-hydrogen) atoms. The minimum atomic E-state index is 0.0911. The van der Waals surface area contributed by atoms with E-state index in [-0.39, 0.29) is 5.54 Å². The summed E-state index contributed by atoms with van der Waals surface area (Å²) in [5.41, 5.74) is 1.06. The Balaban J connectivity index is 1.85. The Morgan fingerprint density at radius 2 is 2.24 bits per heavy atom. The van der Waals surface area contributed by atoms with Crippen LogP contribution in [0.25, 0.3) is 0 Å². The van der Waals surface area contributed by atoms with E-state index >= 15 is 0 Å². The molecule has 0 radical (unpaired) electrons. The molecule has 0 amide bonds. The Labute approximate surface area is 128 Å². The zero-order valence-electron chi connectivity index (χ0n) is 14.0. The van der Waals surface area contributed by atoms with Crippen molar-refractivity contribution in [3.05, 3.63) is 17.5 Å². The van der Waals surface area contributed by atoms with E-state index in [0.29, 0.717) is 12.0 Å². The summed E-state index contributed by atoms with van der Waals surface area (Å²) in [6.45, 7) is 12.3. The standard InChI is InChI=1S/C16H29N3O2/c1-12-6-7-19(11-15(12)20-5)10-14-8-13(18-21-14)9-17-16(2,3)4/h8,12,15,17H,6-7,9-11H2,1-5H3. The second kappa shape index (κ2) is 6.90. The highest BCUT2D eigenvalue weighted by molar-refractivity contribution is 5.06. The molecule has 2 unspecified atom stereocenters. The van der Waals surface area contributed by atoms with Gasteiger partial charge < -0.3 is 14.6 Å². The Hall–Kier alpha value is -0.910. The van der Waals surface area contributed by atoms with Crippen molar-refractivity contribution in [3.63, 3.8) is 0 Å². The Morgan fingerprint density at radius 1 is 1.48 bits per heavy atom. The topological polar surface area (TPSA) is 50.5 Å². The molecule has 2 heterocycles. The summed E-state index contributed by atoms with van der Waals surface area (Å²) in [6.07, 6.45) is 1.49. The van der Waals surface area contributed by atoms with Crippen LogP contribution in [0, 0.1) is 5.92 Å². The van der Waals surface area contributed by atoms with Gasteiger partial charge in [0.05, 0.1) is 18.3 Å². The molecule has 1 aromatic heterocycles. The monoisotopic (exact) mass is 295 g/mol. The van der Waals surface area contributed by atoms with Crippen molar-refractivity contribution in [3.8, 4) is 0 Å². The predicted octanol–water partition coefficient (Wildman–Crippen LogP) is 2.42. The highest BCUT2D eigenvalue weighted by Crippen LogP contribution is 2.21. The van der Waals surface area contributed by atoms with Gasteiger partial charge in [-0.2, -0.15) is 0 Å². The first-order valence-electron chi connectivity index (χ1n) is 7.82. The van der Waals surface area contributed by atoms with E-state index in [2.05, 4.69) is 49.1 Å². The van der Waals surface area contributed by atoms with Gasteiger partial charge in [-0.3, -0.25) is 4.90 Å². The second-order valence-electron chi connectivity index (χ2n) is 7.16. The molecule has 1 saturated heterocycles. The first kappa shape index (κ1) is 16.5. The molecule has 1 fully saturated rings. The zero-order chi connectivity index (χ0) is 15.5. The second-order valence-corrected chi connectivity index (χ2v) is 7.16. The van der Waals surface area contributed by atoms with Gasteiger partial charge in [0.2, 0.25) is 0 Å². The van der Waals surface area contributed by atoms with Crippen LogP contribution in [0.15, 0.2) is 10.6 Å². The lowest BCUT2D eigenvalue weighted by Crippen LogP contribution is -2.43. The van der Waals surface area contributed by atoms with Crippen molar-refractivity contribution in [2.75, 3.05) is 20.2 Å². The molecule has 0 aliphatic carbocycles. The molecule has 2 atom stereocenters. The highest BCUT2D eigenvalue weighted by Gasteiger charge is 2.26. The number of likely N-dealkylation sites (tertiary alicyclic amines) is 1. The normalized spacial score (nSPS) is 24.4. The third-order valence-electron chi connectivity index (χ3n) is 4.06. The van der Waals surface area contributed by atoms with Crippen molar-refractivity contribution >= 4 is 0 Å². The van der Waals surface area contributed by atoms with Crippen LogP contribution in [-0.2, 0) is 17.8 Å². The summed E-state index contributed by atoms with van der Waals surface area (Å²) in [6, 6.07) is 2.05. The van der Waals surface area contributed by atoms with Crippen molar-refractivity contribution < 1.29 is 9.26 Å². The number of ether oxygens (including phenoxy) is 1. The number of nitrogens with zero attached hydrogens (tertiary/aromatic N) is 2. The van der Waals surface area contributed by atoms with Crippen LogP contribution < -0.4 is 5.32 Å². The molecular formula is C16H29N3O2. The Kier molecular flexibility index (Phi) is 5.41. The van der Waals surface area contributed by atoms with Crippen LogP contribution in [-0.4, -0.2) is 41.9 Å². The molecule has 0 aromatic carbocycles. The average Bonchev–Trinajstić information content (AvgIpc) is 2.85. The van der Waals surface area contributed by atoms with E-state index in [1.165, 1.54) is 6.42 Å². The number of methoxy groups -OCH3 is 1. The van der Waals surface area contributed by atoms with Crippen LogP contribution in [0.2, 0.25) is 0 Å². The van der Waals surface area contributed by atoms with Gasteiger partial charge >= 0.3 is 0 Å². The fourth-order valence-corrected chi connectivity index (χ4v) is 2.64. The molecule has 0 bridgehead atoms. The van der Waals surface area contributed by atoms with Gasteiger partial charge in [-0.15, -0.1) is 0 Å². The summed E-state index contributed by atoms with van der Waals surface area (Å²) in [7, 11) is 1.80. The molecule has 1 aliphatic heterocycles. The van der Waals surface area contributed by atoms with Crippen LogP contribution in [0.3, 0.4) is 0 Å². The smallest absolute Gasteiger partial charge is 0.151 e. The maximum absolute atomic E-state index is 5.55. The predicted molar refractivity (Wildman–Crippen MR) is 83.0 cm³/mol. The maximum Gasteiger partial charge on any atom is 0.151 e. The van der Waals surface area contributed by atoms with Crippen molar-refractivity contribution in [1.82, 2.24) is 15.4 Å². The number of nitrogens with one attached hydrogen (secondary N) is 1. The third kappa shape index (κ3) is 5.09. The van der Waals surface area contributed by atoms with Gasteiger partial charge in [0, 0.05) is 31.8 Å². The molecule has 1 aliphatic rings. The van der Waals surface area contributed by atoms with Crippen LogP contribution in [0.5, 0.6) is 0 Å². The SMILES string of the molecule is COC1CN(Cc2cc(CNC(C)(C)C)no2)CCC1C. The van der Waals surface area contributed by atoms with Gasteiger partial charge in [-0.25, -0.2) is 0 Å². The zero-order valence-corrected chi connectivity index (χ0v) is 14.0. The fourth-order valence-electron chi connectivity index (χ4n) is 2.64. The van der Waals surface area contributed by atoms with E-state index in [4.69, 9.17) is 9.26 Å². The van der Waals surface area contributed by atoms with Crippen LogP contribution in [0.4, 0.5) is 0 Å². The summed E-state index contributed by atoms with van der Waals surface area (Å²) in [5, 5.41) is 7.56. The molecular weight excluding hydrogens is 266 g/mol. The maximum atomic E-state index is 5.55. The molecule has 120 valence electrons. The lowest BCUT2D eigenvalue weighted by molar-refractivity contribution is -0.00961. The van der Waals surface area contributed by atoms with Gasteiger partial charge in [-0.05, 0) is 39.7 Å². The van der Waals surface area contributed by atoms with Crippen LogP contribution in [0.1, 0.15) is 45.6 Å². The number of hydrogen-bond donors (Lipinski definition) is 1.